The first-order valence-corrected chi connectivity index (χ1v) is 8.11. The molecule has 1 saturated heterocycles. The molecule has 2 rings (SSSR count). The Morgan fingerprint density at radius 3 is 2.27 bits per heavy atom. The van der Waals surface area contributed by atoms with Gasteiger partial charge in [-0.15, -0.1) is 0 Å². The second-order valence-electron chi connectivity index (χ2n) is 6.11. The molecule has 0 aliphatic carbocycles. The lowest BCUT2D eigenvalue weighted by Gasteiger charge is -2.37. The number of nitrogens with zero attached hydrogens (tertiary/aromatic N) is 4. The minimum atomic E-state index is -0.0899. The summed E-state index contributed by atoms with van der Waals surface area (Å²) in [4.78, 5) is 25.4. The van der Waals surface area contributed by atoms with Gasteiger partial charge in [0.15, 0.2) is 0 Å². The molecule has 6 nitrogen and oxygen atoms in total. The van der Waals surface area contributed by atoms with Crippen LogP contribution in [0.3, 0.4) is 0 Å². The molecule has 0 saturated carbocycles. The van der Waals surface area contributed by atoms with E-state index in [1.807, 2.05) is 33.2 Å². The highest BCUT2D eigenvalue weighted by atomic mass is 16.2. The van der Waals surface area contributed by atoms with E-state index in [4.69, 9.17) is 0 Å². The smallest absolute Gasteiger partial charge is 0.237 e. The first-order valence-electron chi connectivity index (χ1n) is 8.11. The fourth-order valence-electron chi connectivity index (χ4n) is 2.57. The summed E-state index contributed by atoms with van der Waals surface area (Å²) in [5.41, 5.74) is 1.15. The molecule has 2 heterocycles. The zero-order chi connectivity index (χ0) is 16.1. The number of nitrogens with one attached hydrogen (secondary N) is 1. The van der Waals surface area contributed by atoms with Gasteiger partial charge < -0.3 is 10.2 Å². The summed E-state index contributed by atoms with van der Waals surface area (Å²) in [6.45, 7) is 11.5. The molecule has 1 amide bonds. The third-order valence-corrected chi connectivity index (χ3v) is 4.06. The van der Waals surface area contributed by atoms with E-state index in [0.717, 1.165) is 44.1 Å². The molecule has 1 aliphatic rings. The zero-order valence-electron chi connectivity index (χ0n) is 14.0. The van der Waals surface area contributed by atoms with Crippen molar-refractivity contribution >= 4 is 11.9 Å². The van der Waals surface area contributed by atoms with Crippen molar-refractivity contribution in [3.8, 4) is 0 Å². The maximum atomic E-state index is 12.1. The molecule has 1 aliphatic heterocycles. The van der Waals surface area contributed by atoms with Crippen LogP contribution in [0.15, 0.2) is 12.4 Å². The van der Waals surface area contributed by atoms with Crippen molar-refractivity contribution in [2.75, 3.05) is 31.1 Å². The Hall–Kier alpha value is -1.69. The van der Waals surface area contributed by atoms with Crippen LogP contribution in [0.2, 0.25) is 0 Å². The number of anilines is 1. The number of aryl methyl sites for hydroxylation is 1. The van der Waals surface area contributed by atoms with E-state index in [1.165, 1.54) is 0 Å². The molecule has 1 N–H and O–H groups in total. The maximum Gasteiger partial charge on any atom is 0.237 e. The van der Waals surface area contributed by atoms with Crippen molar-refractivity contribution in [3.63, 3.8) is 0 Å². The van der Waals surface area contributed by atoms with E-state index in [-0.39, 0.29) is 18.0 Å². The number of amides is 1. The standard InChI is InChI=1S/C16H27N5O/c1-5-14-10-17-16(18-11-14)21-8-6-20(7-9-21)13(4)15(22)19-12(2)3/h10-13H,5-9H2,1-4H3,(H,19,22). The van der Waals surface area contributed by atoms with Crippen LogP contribution >= 0.6 is 0 Å². The number of carbonyl (C=O) groups is 1. The van der Waals surface area contributed by atoms with E-state index in [1.54, 1.807) is 0 Å². The predicted molar refractivity (Wildman–Crippen MR) is 87.9 cm³/mol. The molecule has 6 heteroatoms. The SMILES string of the molecule is CCc1cnc(N2CCN(C(C)C(=O)NC(C)C)CC2)nc1. The Labute approximate surface area is 132 Å². The summed E-state index contributed by atoms with van der Waals surface area (Å²) in [6, 6.07) is 0.0923. The number of hydrogen-bond acceptors (Lipinski definition) is 5. The van der Waals surface area contributed by atoms with E-state index in [9.17, 15) is 4.79 Å². The molecule has 1 unspecified atom stereocenters. The third-order valence-electron chi connectivity index (χ3n) is 4.06. The lowest BCUT2D eigenvalue weighted by Crippen LogP contribution is -2.54. The minimum absolute atomic E-state index is 0.0899. The topological polar surface area (TPSA) is 61.4 Å². The summed E-state index contributed by atoms with van der Waals surface area (Å²) in [5, 5.41) is 2.98. The van der Waals surface area contributed by atoms with Crippen LogP contribution in [0.4, 0.5) is 5.95 Å². The Kier molecular flexibility index (Phi) is 5.71. The van der Waals surface area contributed by atoms with Crippen LogP contribution in [0.5, 0.6) is 0 Å². The molecule has 0 spiro atoms. The van der Waals surface area contributed by atoms with Gasteiger partial charge in [-0.25, -0.2) is 9.97 Å². The lowest BCUT2D eigenvalue weighted by molar-refractivity contribution is -0.126. The molecule has 22 heavy (non-hydrogen) atoms. The second kappa shape index (κ2) is 7.54. The molecular formula is C16H27N5O. The van der Waals surface area contributed by atoms with Crippen molar-refractivity contribution in [1.82, 2.24) is 20.2 Å². The molecule has 122 valence electrons. The average Bonchev–Trinajstić information content (AvgIpc) is 2.54. The highest BCUT2D eigenvalue weighted by Crippen LogP contribution is 2.13. The highest BCUT2D eigenvalue weighted by molar-refractivity contribution is 5.81. The van der Waals surface area contributed by atoms with Gasteiger partial charge in [-0.05, 0) is 32.8 Å². The van der Waals surface area contributed by atoms with E-state index in [0.29, 0.717) is 0 Å². The summed E-state index contributed by atoms with van der Waals surface area (Å²) in [7, 11) is 0. The van der Waals surface area contributed by atoms with Crippen LogP contribution in [0, 0.1) is 0 Å². The Bertz CT molecular complexity index is 480. The van der Waals surface area contributed by atoms with Gasteiger partial charge in [-0.2, -0.15) is 0 Å². The van der Waals surface area contributed by atoms with Crippen LogP contribution < -0.4 is 10.2 Å². The zero-order valence-corrected chi connectivity index (χ0v) is 14.0. The van der Waals surface area contributed by atoms with Crippen LogP contribution in [-0.4, -0.2) is 59.0 Å². The molecular weight excluding hydrogens is 278 g/mol. The van der Waals surface area contributed by atoms with Crippen molar-refractivity contribution in [1.29, 1.82) is 0 Å². The number of piperazine rings is 1. The van der Waals surface area contributed by atoms with Crippen LogP contribution in [0.25, 0.3) is 0 Å². The second-order valence-corrected chi connectivity index (χ2v) is 6.11. The third kappa shape index (κ3) is 4.16. The maximum absolute atomic E-state index is 12.1. The Morgan fingerprint density at radius 2 is 1.77 bits per heavy atom. The molecule has 0 radical (unpaired) electrons. The summed E-state index contributed by atoms with van der Waals surface area (Å²) in [6.07, 6.45) is 4.75. The monoisotopic (exact) mass is 305 g/mol. The number of hydrogen-bond donors (Lipinski definition) is 1. The largest absolute Gasteiger partial charge is 0.353 e. The molecule has 1 fully saturated rings. The fraction of sp³-hybridized carbons (Fsp3) is 0.688. The van der Waals surface area contributed by atoms with Gasteiger partial charge in [0, 0.05) is 44.6 Å². The van der Waals surface area contributed by atoms with Crippen molar-refractivity contribution in [2.45, 2.75) is 46.2 Å². The minimum Gasteiger partial charge on any atom is -0.353 e. The molecule has 0 aromatic carbocycles. The number of carbonyl (C=O) groups excluding carboxylic acids is 1. The van der Waals surface area contributed by atoms with Crippen LogP contribution in [0.1, 0.15) is 33.3 Å². The molecule has 1 atom stereocenters. The van der Waals surface area contributed by atoms with E-state index >= 15 is 0 Å². The van der Waals surface area contributed by atoms with Gasteiger partial charge in [0.25, 0.3) is 0 Å². The molecule has 1 aromatic rings. The lowest BCUT2D eigenvalue weighted by atomic mass is 10.2. The predicted octanol–water partition coefficient (Wildman–Crippen LogP) is 1.07. The van der Waals surface area contributed by atoms with Gasteiger partial charge in [0.2, 0.25) is 11.9 Å². The van der Waals surface area contributed by atoms with Gasteiger partial charge in [0.05, 0.1) is 6.04 Å². The van der Waals surface area contributed by atoms with Crippen LogP contribution in [-0.2, 0) is 11.2 Å². The first-order chi connectivity index (χ1) is 10.5. The summed E-state index contributed by atoms with van der Waals surface area (Å²) < 4.78 is 0. The quantitative estimate of drug-likeness (QED) is 0.882. The van der Waals surface area contributed by atoms with Crippen molar-refractivity contribution in [2.24, 2.45) is 0 Å². The fourth-order valence-corrected chi connectivity index (χ4v) is 2.57. The number of rotatable bonds is 5. The number of aromatic nitrogens is 2. The van der Waals surface area contributed by atoms with Crippen molar-refractivity contribution in [3.05, 3.63) is 18.0 Å². The van der Waals surface area contributed by atoms with Gasteiger partial charge in [0.1, 0.15) is 0 Å². The summed E-state index contributed by atoms with van der Waals surface area (Å²) in [5.74, 6) is 0.892. The Morgan fingerprint density at radius 1 is 1.18 bits per heavy atom. The van der Waals surface area contributed by atoms with Crippen molar-refractivity contribution < 1.29 is 4.79 Å². The normalized spacial score (nSPS) is 17.6. The van der Waals surface area contributed by atoms with Gasteiger partial charge in [-0.1, -0.05) is 6.92 Å². The molecule has 0 bridgehead atoms. The Balaban J connectivity index is 1.88. The summed E-state index contributed by atoms with van der Waals surface area (Å²) >= 11 is 0. The first kappa shape index (κ1) is 16.7. The van der Waals surface area contributed by atoms with E-state index in [2.05, 4.69) is 32.0 Å². The van der Waals surface area contributed by atoms with Gasteiger partial charge in [-0.3, -0.25) is 9.69 Å². The highest BCUT2D eigenvalue weighted by Gasteiger charge is 2.26. The van der Waals surface area contributed by atoms with Gasteiger partial charge >= 0.3 is 0 Å². The average molecular weight is 305 g/mol. The van der Waals surface area contributed by atoms with E-state index < -0.39 is 0 Å². The molecule has 1 aromatic heterocycles.